The van der Waals surface area contributed by atoms with Gasteiger partial charge in [0.05, 0.1) is 13.7 Å². The zero-order valence-electron chi connectivity index (χ0n) is 16.0. The number of hydrogen-bond acceptors (Lipinski definition) is 3. The van der Waals surface area contributed by atoms with E-state index in [1.54, 1.807) is 7.11 Å². The summed E-state index contributed by atoms with van der Waals surface area (Å²) in [6.45, 7) is 4.95. The number of nitrogen functional groups attached to an aromatic ring is 1. The van der Waals surface area contributed by atoms with E-state index in [2.05, 4.69) is 50.2 Å². The van der Waals surface area contributed by atoms with E-state index in [-0.39, 0.29) is 11.8 Å². The van der Waals surface area contributed by atoms with Gasteiger partial charge in [0, 0.05) is 29.2 Å². The minimum atomic E-state index is 0.211. The van der Waals surface area contributed by atoms with Gasteiger partial charge in [-0.2, -0.15) is 0 Å². The van der Waals surface area contributed by atoms with E-state index < -0.39 is 0 Å². The first kappa shape index (κ1) is 17.5. The molecular weight excluding hydrogens is 334 g/mol. The molecule has 3 nitrogen and oxygen atoms in total. The van der Waals surface area contributed by atoms with E-state index in [9.17, 15) is 0 Å². The van der Waals surface area contributed by atoms with E-state index >= 15 is 0 Å². The van der Waals surface area contributed by atoms with Gasteiger partial charge in [-0.3, -0.25) is 0 Å². The van der Waals surface area contributed by atoms with Gasteiger partial charge in [-0.05, 0) is 54.3 Å². The fourth-order valence-corrected chi connectivity index (χ4v) is 3.92. The highest BCUT2D eigenvalue weighted by Crippen LogP contribution is 2.47. The van der Waals surface area contributed by atoms with Crippen LogP contribution in [0.25, 0.3) is 0 Å². The topological polar surface area (TPSA) is 44.5 Å². The Morgan fingerprint density at radius 3 is 2.33 bits per heavy atom. The van der Waals surface area contributed by atoms with E-state index in [0.717, 1.165) is 17.2 Å². The Balaban J connectivity index is 1.84. The predicted octanol–water partition coefficient (Wildman–Crippen LogP) is 5.20. The van der Waals surface area contributed by atoms with Gasteiger partial charge in [0.25, 0.3) is 0 Å². The Hall–Kier alpha value is -2.94. The van der Waals surface area contributed by atoms with Gasteiger partial charge in [0.2, 0.25) is 0 Å². The van der Waals surface area contributed by atoms with Crippen LogP contribution in [-0.4, -0.2) is 13.7 Å². The maximum atomic E-state index is 6.17. The molecule has 138 valence electrons. The SMILES string of the molecule is COc1ccc2c(c1)OCC(c1ccc(C)c(C)c1)C2c1ccc(N)cc1. The zero-order valence-corrected chi connectivity index (χ0v) is 16.0. The second-order valence-corrected chi connectivity index (χ2v) is 7.31. The number of nitrogens with two attached hydrogens (primary N) is 1. The number of ether oxygens (including phenoxy) is 2. The molecule has 0 radical (unpaired) electrons. The number of fused-ring (bicyclic) bond motifs is 1. The summed E-state index contributed by atoms with van der Waals surface area (Å²) in [6, 6.07) is 21.1. The van der Waals surface area contributed by atoms with Crippen molar-refractivity contribution >= 4 is 5.69 Å². The molecule has 0 saturated carbocycles. The van der Waals surface area contributed by atoms with Crippen LogP contribution in [0.15, 0.2) is 60.7 Å². The van der Waals surface area contributed by atoms with Gasteiger partial charge >= 0.3 is 0 Å². The molecule has 3 heteroatoms. The number of aryl methyl sites for hydroxylation is 2. The quantitative estimate of drug-likeness (QED) is 0.654. The van der Waals surface area contributed by atoms with Crippen LogP contribution in [0.4, 0.5) is 5.69 Å². The Kier molecular flexibility index (Phi) is 4.53. The maximum absolute atomic E-state index is 6.17. The highest BCUT2D eigenvalue weighted by Gasteiger charge is 2.33. The molecule has 2 unspecified atom stereocenters. The van der Waals surface area contributed by atoms with Crippen LogP contribution in [0.3, 0.4) is 0 Å². The zero-order chi connectivity index (χ0) is 19.0. The van der Waals surface area contributed by atoms with Crippen molar-refractivity contribution in [2.24, 2.45) is 0 Å². The smallest absolute Gasteiger partial charge is 0.126 e. The first-order valence-corrected chi connectivity index (χ1v) is 9.30. The average Bonchev–Trinajstić information content (AvgIpc) is 2.69. The minimum Gasteiger partial charge on any atom is -0.497 e. The number of benzene rings is 3. The van der Waals surface area contributed by atoms with E-state index in [0.29, 0.717) is 6.61 Å². The normalized spacial score (nSPS) is 18.5. The molecule has 1 aliphatic heterocycles. The van der Waals surface area contributed by atoms with Crippen molar-refractivity contribution in [2.45, 2.75) is 25.7 Å². The second kappa shape index (κ2) is 6.99. The summed E-state index contributed by atoms with van der Waals surface area (Å²) in [5.74, 6) is 2.17. The Labute approximate surface area is 160 Å². The highest BCUT2D eigenvalue weighted by atomic mass is 16.5. The number of rotatable bonds is 3. The molecule has 0 spiro atoms. The van der Waals surface area contributed by atoms with E-state index in [1.807, 2.05) is 24.3 Å². The molecule has 0 bridgehead atoms. The summed E-state index contributed by atoms with van der Waals surface area (Å²) in [4.78, 5) is 0. The van der Waals surface area contributed by atoms with Crippen LogP contribution in [0.2, 0.25) is 0 Å². The summed E-state index contributed by atoms with van der Waals surface area (Å²) >= 11 is 0. The van der Waals surface area contributed by atoms with Crippen LogP contribution in [0.1, 0.15) is 39.7 Å². The van der Waals surface area contributed by atoms with E-state index in [1.165, 1.54) is 27.8 Å². The molecule has 0 aliphatic carbocycles. The lowest BCUT2D eigenvalue weighted by molar-refractivity contribution is 0.247. The number of methoxy groups -OCH3 is 1. The Bertz CT molecular complexity index is 963. The van der Waals surface area contributed by atoms with E-state index in [4.69, 9.17) is 15.2 Å². The minimum absolute atomic E-state index is 0.211. The van der Waals surface area contributed by atoms with Crippen LogP contribution < -0.4 is 15.2 Å². The third-order valence-electron chi connectivity index (χ3n) is 5.63. The van der Waals surface area contributed by atoms with Crippen LogP contribution in [0.5, 0.6) is 11.5 Å². The molecule has 1 aliphatic rings. The molecular formula is C24H25NO2. The van der Waals surface area contributed by atoms with Crippen molar-refractivity contribution in [1.29, 1.82) is 0 Å². The molecule has 0 amide bonds. The van der Waals surface area contributed by atoms with Crippen molar-refractivity contribution < 1.29 is 9.47 Å². The largest absolute Gasteiger partial charge is 0.497 e. The molecule has 1 heterocycles. The first-order valence-electron chi connectivity index (χ1n) is 9.30. The summed E-state index contributed by atoms with van der Waals surface area (Å²) in [5, 5.41) is 0. The summed E-state index contributed by atoms with van der Waals surface area (Å²) in [7, 11) is 1.68. The van der Waals surface area contributed by atoms with Gasteiger partial charge in [0.1, 0.15) is 11.5 Å². The number of anilines is 1. The standard InChI is InChI=1S/C24H25NO2/c1-15-4-5-18(12-16(15)2)22-14-27-23-13-20(26-3)10-11-21(23)24(22)17-6-8-19(25)9-7-17/h4-13,22,24H,14,25H2,1-3H3. The molecule has 0 fully saturated rings. The van der Waals surface area contributed by atoms with Gasteiger partial charge in [-0.25, -0.2) is 0 Å². The Morgan fingerprint density at radius 1 is 0.889 bits per heavy atom. The van der Waals surface area contributed by atoms with Gasteiger partial charge in [-0.1, -0.05) is 36.4 Å². The first-order chi connectivity index (χ1) is 13.1. The van der Waals surface area contributed by atoms with Crippen molar-refractivity contribution in [3.8, 4) is 11.5 Å². The average molecular weight is 359 g/mol. The number of hydrogen-bond donors (Lipinski definition) is 1. The van der Waals surface area contributed by atoms with Crippen LogP contribution in [-0.2, 0) is 0 Å². The Morgan fingerprint density at radius 2 is 1.63 bits per heavy atom. The van der Waals surface area contributed by atoms with Gasteiger partial charge < -0.3 is 15.2 Å². The van der Waals surface area contributed by atoms with Crippen LogP contribution >= 0.6 is 0 Å². The van der Waals surface area contributed by atoms with Crippen molar-refractivity contribution in [2.75, 3.05) is 19.5 Å². The lowest BCUT2D eigenvalue weighted by atomic mass is 9.75. The van der Waals surface area contributed by atoms with Gasteiger partial charge in [-0.15, -0.1) is 0 Å². The molecule has 0 saturated heterocycles. The molecule has 4 rings (SSSR count). The molecule has 3 aromatic carbocycles. The van der Waals surface area contributed by atoms with Crippen molar-refractivity contribution in [3.05, 3.63) is 88.5 Å². The maximum Gasteiger partial charge on any atom is 0.126 e. The third-order valence-corrected chi connectivity index (χ3v) is 5.63. The fraction of sp³-hybridized carbons (Fsp3) is 0.250. The highest BCUT2D eigenvalue weighted by molar-refractivity contribution is 5.52. The molecule has 3 aromatic rings. The molecule has 2 atom stereocenters. The summed E-state index contributed by atoms with van der Waals surface area (Å²) < 4.78 is 11.6. The van der Waals surface area contributed by atoms with Gasteiger partial charge in [0.15, 0.2) is 0 Å². The molecule has 27 heavy (non-hydrogen) atoms. The van der Waals surface area contributed by atoms with Crippen LogP contribution in [0, 0.1) is 13.8 Å². The predicted molar refractivity (Wildman–Crippen MR) is 110 cm³/mol. The van der Waals surface area contributed by atoms with Crippen molar-refractivity contribution in [3.63, 3.8) is 0 Å². The fourth-order valence-electron chi connectivity index (χ4n) is 3.92. The molecule has 2 N–H and O–H groups in total. The summed E-state index contributed by atoms with van der Waals surface area (Å²) in [6.07, 6.45) is 0. The lowest BCUT2D eigenvalue weighted by Crippen LogP contribution is -2.25. The van der Waals surface area contributed by atoms with Crippen molar-refractivity contribution in [1.82, 2.24) is 0 Å². The second-order valence-electron chi connectivity index (χ2n) is 7.31. The molecule has 0 aromatic heterocycles. The monoisotopic (exact) mass is 359 g/mol. The lowest BCUT2D eigenvalue weighted by Gasteiger charge is -2.35. The summed E-state index contributed by atoms with van der Waals surface area (Å²) in [5.41, 5.74) is 13.1. The third kappa shape index (κ3) is 3.25.